The van der Waals surface area contributed by atoms with Crippen molar-refractivity contribution in [2.24, 2.45) is 0 Å². The Morgan fingerprint density at radius 2 is 1.02 bits per heavy atom. The Kier molecular flexibility index (Phi) is 23.5. The van der Waals surface area contributed by atoms with E-state index in [1.165, 1.54) is 77.0 Å². The zero-order valence-electron chi connectivity index (χ0n) is 27.5. The zero-order chi connectivity index (χ0) is 31.4. The number of phosphoric ester groups is 1. The summed E-state index contributed by atoms with van der Waals surface area (Å²) in [6.07, 6.45) is 19.1. The maximum Gasteiger partial charge on any atom is 0.511 e. The zero-order valence-corrected chi connectivity index (χ0v) is 28.4. The molecule has 9 heteroatoms. The molecule has 2 rings (SSSR count). The van der Waals surface area contributed by atoms with Crippen LogP contribution >= 0.6 is 7.82 Å². The molecule has 0 N–H and O–H groups in total. The Hall–Kier alpha value is -1.51. The van der Waals surface area contributed by atoms with Crippen LogP contribution < -0.4 is 4.89 Å². The molecule has 252 valence electrons. The summed E-state index contributed by atoms with van der Waals surface area (Å²) in [4.78, 5) is 5.52. The van der Waals surface area contributed by atoms with E-state index in [0.29, 0.717) is 38.8 Å². The van der Waals surface area contributed by atoms with E-state index in [0.717, 1.165) is 30.0 Å². The number of ether oxygens (including phenoxy) is 3. The second kappa shape index (κ2) is 26.7. The second-order valence-electron chi connectivity index (χ2n) is 11.1. The van der Waals surface area contributed by atoms with Crippen LogP contribution in [0, 0.1) is 0 Å². The van der Waals surface area contributed by atoms with E-state index in [1.54, 1.807) is 6.07 Å². The summed E-state index contributed by atoms with van der Waals surface area (Å²) < 4.78 is 46.2. The van der Waals surface area contributed by atoms with Gasteiger partial charge in [-0.25, -0.2) is 4.57 Å². The van der Waals surface area contributed by atoms with E-state index in [4.69, 9.17) is 32.8 Å². The Morgan fingerprint density at radius 1 is 0.523 bits per heavy atom. The first-order chi connectivity index (χ1) is 21.7. The van der Waals surface area contributed by atoms with Gasteiger partial charge < -0.3 is 19.1 Å². The van der Waals surface area contributed by atoms with Gasteiger partial charge in [-0.3, -0.25) is 9.05 Å². The Bertz CT molecular complexity index is 983. The van der Waals surface area contributed by atoms with Gasteiger partial charge in [-0.15, -0.1) is 0 Å². The van der Waals surface area contributed by atoms with Crippen molar-refractivity contribution < 1.29 is 37.4 Å². The number of phosphoric acid groups is 1. The summed E-state index contributed by atoms with van der Waals surface area (Å²) in [5, 5.41) is 1.83. The van der Waals surface area contributed by atoms with Crippen LogP contribution in [0.2, 0.25) is 0 Å². The third kappa shape index (κ3) is 19.1. The minimum absolute atomic E-state index is 0.0357. The molecule has 0 amide bonds. The molecule has 2 aromatic rings. The smallest absolute Gasteiger partial charge is 0.379 e. The molecule has 1 atom stereocenters. The molecule has 0 aliphatic carbocycles. The molecule has 0 spiro atoms. The SMILES string of the molecule is CCCCCCCCCCCCCCCCCOP(=O)(OCCOCCOCCOCC)OOc1cccc2ccccc12. The number of rotatable bonds is 31. The highest BCUT2D eigenvalue weighted by Crippen LogP contribution is 2.50. The van der Waals surface area contributed by atoms with Gasteiger partial charge in [0, 0.05) is 12.0 Å². The number of hydrogen-bond acceptors (Lipinski definition) is 8. The van der Waals surface area contributed by atoms with Gasteiger partial charge in [0.1, 0.15) is 0 Å². The topological polar surface area (TPSA) is 81.7 Å². The van der Waals surface area contributed by atoms with Crippen LogP contribution in [0.4, 0.5) is 0 Å². The maximum absolute atomic E-state index is 13.4. The molecule has 2 aromatic carbocycles. The lowest BCUT2D eigenvalue weighted by Crippen LogP contribution is -2.12. The molecule has 0 saturated carbocycles. The van der Waals surface area contributed by atoms with E-state index in [1.807, 2.05) is 43.3 Å². The van der Waals surface area contributed by atoms with E-state index in [-0.39, 0.29) is 19.8 Å². The molecule has 0 aliphatic heterocycles. The van der Waals surface area contributed by atoms with Crippen LogP contribution in [0.15, 0.2) is 42.5 Å². The molecule has 1 unspecified atom stereocenters. The lowest BCUT2D eigenvalue weighted by Gasteiger charge is -2.17. The van der Waals surface area contributed by atoms with Crippen LogP contribution in [0.3, 0.4) is 0 Å². The summed E-state index contributed by atoms with van der Waals surface area (Å²) in [6, 6.07) is 13.3. The van der Waals surface area contributed by atoms with Gasteiger partial charge in [0.05, 0.1) is 46.2 Å². The maximum atomic E-state index is 13.4. The highest BCUT2D eigenvalue weighted by molar-refractivity contribution is 7.48. The molecule has 44 heavy (non-hydrogen) atoms. The van der Waals surface area contributed by atoms with Gasteiger partial charge in [-0.05, 0) is 24.8 Å². The third-order valence-corrected chi connectivity index (χ3v) is 8.65. The molecule has 0 bridgehead atoms. The van der Waals surface area contributed by atoms with Crippen molar-refractivity contribution in [1.82, 2.24) is 0 Å². The largest absolute Gasteiger partial charge is 0.511 e. The van der Waals surface area contributed by atoms with Crippen molar-refractivity contribution in [3.05, 3.63) is 42.5 Å². The molecular formula is C35H59O8P. The molecule has 0 saturated heterocycles. The fourth-order valence-electron chi connectivity index (χ4n) is 4.88. The van der Waals surface area contributed by atoms with Crippen molar-refractivity contribution >= 4 is 18.6 Å². The fraction of sp³-hybridized carbons (Fsp3) is 0.714. The quantitative estimate of drug-likeness (QED) is 0.0349. The predicted molar refractivity (Wildman–Crippen MR) is 178 cm³/mol. The van der Waals surface area contributed by atoms with Crippen LogP contribution in [0.25, 0.3) is 10.8 Å². The molecular weight excluding hydrogens is 579 g/mol. The Balaban J connectivity index is 1.63. The van der Waals surface area contributed by atoms with E-state index in [2.05, 4.69) is 6.92 Å². The first-order valence-corrected chi connectivity index (χ1v) is 18.6. The number of unbranched alkanes of at least 4 members (excludes halogenated alkanes) is 14. The molecule has 0 fully saturated rings. The summed E-state index contributed by atoms with van der Waals surface area (Å²) in [5.74, 6) is 0.447. The highest BCUT2D eigenvalue weighted by Gasteiger charge is 2.29. The van der Waals surface area contributed by atoms with Crippen molar-refractivity contribution in [2.45, 2.75) is 110 Å². The van der Waals surface area contributed by atoms with Crippen molar-refractivity contribution in [2.75, 3.05) is 52.9 Å². The summed E-state index contributed by atoms with van der Waals surface area (Å²) >= 11 is 0. The second-order valence-corrected chi connectivity index (χ2v) is 12.7. The van der Waals surface area contributed by atoms with Crippen molar-refractivity contribution in [3.8, 4) is 5.75 Å². The average Bonchev–Trinajstić information content (AvgIpc) is 3.04. The van der Waals surface area contributed by atoms with Crippen LogP contribution in [-0.2, 0) is 32.5 Å². The first kappa shape index (κ1) is 38.7. The number of fused-ring (bicyclic) bond motifs is 1. The molecule has 0 radical (unpaired) electrons. The van der Waals surface area contributed by atoms with E-state index in [9.17, 15) is 4.57 Å². The molecule has 0 heterocycles. The van der Waals surface area contributed by atoms with Crippen LogP contribution in [0.1, 0.15) is 110 Å². The van der Waals surface area contributed by atoms with Crippen LogP contribution in [0.5, 0.6) is 5.75 Å². The monoisotopic (exact) mass is 638 g/mol. The van der Waals surface area contributed by atoms with Crippen molar-refractivity contribution in [1.29, 1.82) is 0 Å². The summed E-state index contributed by atoms with van der Waals surface area (Å²) in [7, 11) is -3.98. The molecule has 0 aliphatic rings. The van der Waals surface area contributed by atoms with Gasteiger partial charge in [-0.2, -0.15) is 0 Å². The number of benzene rings is 2. The molecule has 8 nitrogen and oxygen atoms in total. The van der Waals surface area contributed by atoms with Gasteiger partial charge in [0.25, 0.3) is 0 Å². The third-order valence-electron chi connectivity index (χ3n) is 7.39. The minimum atomic E-state index is -3.98. The first-order valence-electron chi connectivity index (χ1n) is 17.1. The standard InChI is InChI=1S/C35H59O8P/c1-3-5-6-7-8-9-10-11-12-13-14-15-16-17-20-26-40-44(36,41-32-31-39-30-29-38-28-27-37-4-2)43-42-35-25-21-23-33-22-18-19-24-34(33)35/h18-19,21-25H,3-17,20,26-32H2,1-2H3. The predicted octanol–water partition coefficient (Wildman–Crippen LogP) is 10.2. The van der Waals surface area contributed by atoms with Crippen LogP contribution in [-0.4, -0.2) is 52.9 Å². The normalized spacial score (nSPS) is 13.0. The molecule has 0 aromatic heterocycles. The fourth-order valence-corrected chi connectivity index (χ4v) is 5.86. The summed E-state index contributed by atoms with van der Waals surface area (Å²) in [6.45, 7) is 7.34. The summed E-state index contributed by atoms with van der Waals surface area (Å²) in [5.41, 5.74) is 0. The van der Waals surface area contributed by atoms with Gasteiger partial charge >= 0.3 is 7.82 Å². The van der Waals surface area contributed by atoms with E-state index < -0.39 is 7.82 Å². The van der Waals surface area contributed by atoms with E-state index >= 15 is 0 Å². The van der Waals surface area contributed by atoms with Gasteiger partial charge in [0.15, 0.2) is 5.75 Å². The highest BCUT2D eigenvalue weighted by atomic mass is 31.2. The van der Waals surface area contributed by atoms with Crippen molar-refractivity contribution in [3.63, 3.8) is 0 Å². The average molecular weight is 639 g/mol. The Labute approximate surface area is 267 Å². The lowest BCUT2D eigenvalue weighted by molar-refractivity contribution is -0.132. The Morgan fingerprint density at radius 3 is 1.64 bits per heavy atom. The lowest BCUT2D eigenvalue weighted by atomic mass is 10.0. The minimum Gasteiger partial charge on any atom is -0.379 e. The van der Waals surface area contributed by atoms with Gasteiger partial charge in [0.2, 0.25) is 0 Å². The van der Waals surface area contributed by atoms with Gasteiger partial charge in [-0.1, -0.05) is 138 Å². The number of hydrogen-bond donors (Lipinski definition) is 0.